The van der Waals surface area contributed by atoms with Crippen LogP contribution in [0.5, 0.6) is 0 Å². The van der Waals surface area contributed by atoms with E-state index >= 15 is 0 Å². The highest BCUT2D eigenvalue weighted by Crippen LogP contribution is 2.36. The van der Waals surface area contributed by atoms with E-state index < -0.39 is 16.1 Å². The van der Waals surface area contributed by atoms with Crippen molar-refractivity contribution in [2.75, 3.05) is 6.54 Å². The fourth-order valence-corrected chi connectivity index (χ4v) is 5.37. The lowest BCUT2D eigenvalue weighted by Gasteiger charge is -2.21. The van der Waals surface area contributed by atoms with Crippen LogP contribution < -0.4 is 0 Å². The van der Waals surface area contributed by atoms with Crippen LogP contribution in [0.25, 0.3) is 11.4 Å². The van der Waals surface area contributed by atoms with Gasteiger partial charge < -0.3 is 4.52 Å². The third kappa shape index (κ3) is 3.97. The molecule has 7 heteroatoms. The van der Waals surface area contributed by atoms with Crippen molar-refractivity contribution in [3.63, 3.8) is 0 Å². The standard InChI is InChI=1S/C22H25N3O3S/c1-3-5-17-9-13-19(14-10-17)29(26,27)25-15-4-6-20(25)22-23-21(24-28-22)18-11-7-16(2)8-12-18/h7-14,20H,3-6,15H2,1-2H3. The quantitative estimate of drug-likeness (QED) is 0.596. The Balaban J connectivity index is 1.59. The molecule has 1 aliphatic rings. The molecule has 6 nitrogen and oxygen atoms in total. The average molecular weight is 412 g/mol. The number of benzene rings is 2. The molecule has 1 aromatic heterocycles. The van der Waals surface area contributed by atoms with Crippen LogP contribution in [0.4, 0.5) is 0 Å². The molecule has 1 saturated heterocycles. The van der Waals surface area contributed by atoms with Gasteiger partial charge in [0.15, 0.2) is 0 Å². The lowest BCUT2D eigenvalue weighted by atomic mass is 10.1. The van der Waals surface area contributed by atoms with Crippen molar-refractivity contribution in [1.29, 1.82) is 0 Å². The minimum Gasteiger partial charge on any atom is -0.337 e. The molecular formula is C22H25N3O3S. The van der Waals surface area contributed by atoms with E-state index in [-0.39, 0.29) is 0 Å². The summed E-state index contributed by atoms with van der Waals surface area (Å²) in [7, 11) is -3.62. The third-order valence-electron chi connectivity index (χ3n) is 5.31. The van der Waals surface area contributed by atoms with E-state index in [1.165, 1.54) is 4.31 Å². The van der Waals surface area contributed by atoms with Crippen LogP contribution in [0.15, 0.2) is 57.9 Å². The molecule has 2 heterocycles. The summed E-state index contributed by atoms with van der Waals surface area (Å²) in [5.41, 5.74) is 3.14. The van der Waals surface area contributed by atoms with Gasteiger partial charge in [0.2, 0.25) is 21.7 Å². The number of aryl methyl sites for hydroxylation is 2. The number of sulfonamides is 1. The summed E-state index contributed by atoms with van der Waals surface area (Å²) in [6, 6.07) is 14.6. The predicted molar refractivity (Wildman–Crippen MR) is 111 cm³/mol. The first-order valence-corrected chi connectivity index (χ1v) is 11.4. The highest BCUT2D eigenvalue weighted by molar-refractivity contribution is 7.89. The predicted octanol–water partition coefficient (Wildman–Crippen LogP) is 4.52. The van der Waals surface area contributed by atoms with Gasteiger partial charge in [0.25, 0.3) is 0 Å². The summed E-state index contributed by atoms with van der Waals surface area (Å²) in [6.45, 7) is 4.57. The summed E-state index contributed by atoms with van der Waals surface area (Å²) in [5, 5.41) is 4.07. The molecule has 0 bridgehead atoms. The number of rotatable bonds is 6. The van der Waals surface area contributed by atoms with Gasteiger partial charge in [0.1, 0.15) is 6.04 Å². The number of nitrogens with zero attached hydrogens (tertiary/aromatic N) is 3. The number of aromatic nitrogens is 2. The first-order chi connectivity index (χ1) is 14.0. The van der Waals surface area contributed by atoms with Crippen LogP contribution >= 0.6 is 0 Å². The van der Waals surface area contributed by atoms with E-state index in [4.69, 9.17) is 4.52 Å². The largest absolute Gasteiger partial charge is 0.337 e. The first kappa shape index (κ1) is 19.8. The molecule has 0 spiro atoms. The molecule has 0 saturated carbocycles. The van der Waals surface area contributed by atoms with Crippen molar-refractivity contribution in [3.05, 3.63) is 65.5 Å². The van der Waals surface area contributed by atoms with E-state index in [2.05, 4.69) is 17.1 Å². The zero-order valence-corrected chi connectivity index (χ0v) is 17.5. The summed E-state index contributed by atoms with van der Waals surface area (Å²) >= 11 is 0. The first-order valence-electron chi connectivity index (χ1n) is 10.0. The zero-order valence-electron chi connectivity index (χ0n) is 16.7. The zero-order chi connectivity index (χ0) is 20.4. The van der Waals surface area contributed by atoms with E-state index in [1.54, 1.807) is 12.1 Å². The molecule has 3 aromatic rings. The second-order valence-corrected chi connectivity index (χ2v) is 9.38. The van der Waals surface area contributed by atoms with Gasteiger partial charge in [0.05, 0.1) is 4.90 Å². The van der Waals surface area contributed by atoms with Gasteiger partial charge in [-0.25, -0.2) is 8.42 Å². The van der Waals surface area contributed by atoms with Gasteiger partial charge in [-0.2, -0.15) is 9.29 Å². The van der Waals surface area contributed by atoms with Crippen LogP contribution in [-0.4, -0.2) is 29.4 Å². The molecule has 0 aliphatic carbocycles. The van der Waals surface area contributed by atoms with Crippen LogP contribution in [-0.2, 0) is 16.4 Å². The molecule has 1 atom stereocenters. The third-order valence-corrected chi connectivity index (χ3v) is 7.23. The molecule has 0 amide bonds. The van der Waals surface area contributed by atoms with Crippen molar-refractivity contribution in [2.24, 2.45) is 0 Å². The fourth-order valence-electron chi connectivity index (χ4n) is 3.72. The van der Waals surface area contributed by atoms with E-state index in [0.717, 1.165) is 36.0 Å². The van der Waals surface area contributed by atoms with Gasteiger partial charge in [0, 0.05) is 12.1 Å². The molecule has 2 aromatic carbocycles. The second kappa shape index (κ2) is 8.08. The van der Waals surface area contributed by atoms with Crippen LogP contribution in [0.3, 0.4) is 0 Å². The minimum atomic E-state index is -3.62. The van der Waals surface area contributed by atoms with Crippen LogP contribution in [0, 0.1) is 6.92 Å². The SMILES string of the molecule is CCCc1ccc(S(=O)(=O)N2CCCC2c2nc(-c3ccc(C)cc3)no2)cc1. The van der Waals surface area contributed by atoms with Crippen molar-refractivity contribution in [1.82, 2.24) is 14.4 Å². The Bertz CT molecular complexity index is 1070. The van der Waals surface area contributed by atoms with Crippen molar-refractivity contribution >= 4 is 10.0 Å². The smallest absolute Gasteiger partial charge is 0.245 e. The fraction of sp³-hybridized carbons (Fsp3) is 0.364. The Hall–Kier alpha value is -2.51. The molecule has 4 rings (SSSR count). The lowest BCUT2D eigenvalue weighted by molar-refractivity contribution is 0.290. The second-order valence-electron chi connectivity index (χ2n) is 7.49. The molecule has 0 N–H and O–H groups in total. The maximum absolute atomic E-state index is 13.2. The number of hydrogen-bond acceptors (Lipinski definition) is 5. The molecule has 152 valence electrons. The maximum atomic E-state index is 13.2. The van der Waals surface area contributed by atoms with Gasteiger partial charge in [-0.3, -0.25) is 0 Å². The average Bonchev–Trinajstić information content (AvgIpc) is 3.39. The molecule has 1 unspecified atom stereocenters. The van der Waals surface area contributed by atoms with Crippen molar-refractivity contribution in [3.8, 4) is 11.4 Å². The highest BCUT2D eigenvalue weighted by Gasteiger charge is 2.39. The lowest BCUT2D eigenvalue weighted by Crippen LogP contribution is -2.30. The molecule has 1 fully saturated rings. The molecule has 0 radical (unpaired) electrons. The van der Waals surface area contributed by atoms with Gasteiger partial charge >= 0.3 is 0 Å². The van der Waals surface area contributed by atoms with Crippen molar-refractivity contribution in [2.45, 2.75) is 50.5 Å². The van der Waals surface area contributed by atoms with Crippen LogP contribution in [0.2, 0.25) is 0 Å². The van der Waals surface area contributed by atoms with E-state index in [9.17, 15) is 8.42 Å². The summed E-state index contributed by atoms with van der Waals surface area (Å²) in [4.78, 5) is 4.81. The summed E-state index contributed by atoms with van der Waals surface area (Å²) in [6.07, 6.45) is 3.40. The normalized spacial score (nSPS) is 17.7. The van der Waals surface area contributed by atoms with E-state index in [0.29, 0.717) is 29.6 Å². The Labute approximate surface area is 171 Å². The number of hydrogen-bond donors (Lipinski definition) is 0. The van der Waals surface area contributed by atoms with Gasteiger partial charge in [-0.15, -0.1) is 0 Å². The molecule has 29 heavy (non-hydrogen) atoms. The summed E-state index contributed by atoms with van der Waals surface area (Å²) in [5.74, 6) is 0.831. The topological polar surface area (TPSA) is 76.3 Å². The molecule has 1 aliphatic heterocycles. The summed E-state index contributed by atoms with van der Waals surface area (Å²) < 4.78 is 33.4. The van der Waals surface area contributed by atoms with Gasteiger partial charge in [-0.1, -0.05) is 60.5 Å². The Morgan fingerprint density at radius 2 is 1.83 bits per heavy atom. The van der Waals surface area contributed by atoms with Crippen molar-refractivity contribution < 1.29 is 12.9 Å². The van der Waals surface area contributed by atoms with Gasteiger partial charge in [-0.05, 0) is 43.9 Å². The van der Waals surface area contributed by atoms with Crippen LogP contribution in [0.1, 0.15) is 49.2 Å². The Morgan fingerprint density at radius 1 is 1.10 bits per heavy atom. The Kier molecular flexibility index (Phi) is 5.52. The molecular weight excluding hydrogens is 386 g/mol. The maximum Gasteiger partial charge on any atom is 0.245 e. The highest BCUT2D eigenvalue weighted by atomic mass is 32.2. The van der Waals surface area contributed by atoms with E-state index in [1.807, 2.05) is 43.3 Å². The minimum absolute atomic E-state index is 0.308. The Morgan fingerprint density at radius 3 is 2.52 bits per heavy atom. The monoisotopic (exact) mass is 411 g/mol.